The third-order valence-electron chi connectivity index (χ3n) is 4.76. The number of hydrogen-bond donors (Lipinski definition) is 2. The molecule has 0 aliphatic carbocycles. The van der Waals surface area contributed by atoms with Gasteiger partial charge in [-0.15, -0.1) is 0 Å². The number of imidazole rings is 1. The van der Waals surface area contributed by atoms with Crippen molar-refractivity contribution in [2.24, 2.45) is 5.92 Å². The largest absolute Gasteiger partial charge is 0.349 e. The van der Waals surface area contributed by atoms with Crippen LogP contribution in [0.15, 0.2) is 48.5 Å². The van der Waals surface area contributed by atoms with Gasteiger partial charge in [-0.3, -0.25) is 4.79 Å². The number of carbonyl (C=O) groups excluding carboxylic acids is 1. The molecule has 3 rings (SSSR count). The number of aromatic amines is 1. The molecule has 0 spiro atoms. The third-order valence-corrected chi connectivity index (χ3v) is 4.76. The summed E-state index contributed by atoms with van der Waals surface area (Å²) >= 11 is 0. The van der Waals surface area contributed by atoms with Gasteiger partial charge in [-0.25, -0.2) is 4.98 Å². The smallest absolute Gasteiger partial charge is 0.220 e. The Hall–Kier alpha value is -2.62. The first-order valence-electron chi connectivity index (χ1n) is 9.38. The average molecular weight is 349 g/mol. The van der Waals surface area contributed by atoms with E-state index >= 15 is 0 Å². The summed E-state index contributed by atoms with van der Waals surface area (Å²) in [7, 11) is 0. The molecule has 0 fully saturated rings. The molecule has 26 heavy (non-hydrogen) atoms. The van der Waals surface area contributed by atoms with Gasteiger partial charge in [0.1, 0.15) is 5.82 Å². The molecule has 0 aliphatic heterocycles. The zero-order valence-electron chi connectivity index (χ0n) is 15.8. The second-order valence-corrected chi connectivity index (χ2v) is 7.08. The van der Waals surface area contributed by atoms with Crippen LogP contribution in [0, 0.1) is 5.92 Å². The number of aryl methyl sites for hydroxylation is 2. The Morgan fingerprint density at radius 3 is 2.50 bits per heavy atom. The fraction of sp³-hybridized carbons (Fsp3) is 0.364. The van der Waals surface area contributed by atoms with Crippen LogP contribution >= 0.6 is 0 Å². The molecular formula is C22H27N3O. The van der Waals surface area contributed by atoms with Crippen LogP contribution in [0.3, 0.4) is 0 Å². The van der Waals surface area contributed by atoms with E-state index in [1.54, 1.807) is 0 Å². The zero-order valence-corrected chi connectivity index (χ0v) is 15.8. The Bertz CT molecular complexity index is 831. The summed E-state index contributed by atoms with van der Waals surface area (Å²) in [4.78, 5) is 20.3. The van der Waals surface area contributed by atoms with Crippen LogP contribution in [0.1, 0.15) is 50.2 Å². The predicted octanol–water partition coefficient (Wildman–Crippen LogP) is 4.57. The number of para-hydroxylation sites is 2. The number of fused-ring (bicyclic) bond motifs is 1. The molecule has 0 radical (unpaired) electrons. The van der Waals surface area contributed by atoms with E-state index in [2.05, 4.69) is 60.3 Å². The first-order valence-corrected chi connectivity index (χ1v) is 9.38. The van der Waals surface area contributed by atoms with Crippen molar-refractivity contribution in [3.8, 4) is 0 Å². The number of rotatable bonds is 7. The minimum atomic E-state index is 0.0316. The van der Waals surface area contributed by atoms with Crippen LogP contribution in [0.5, 0.6) is 0 Å². The molecule has 2 N–H and O–H groups in total. The van der Waals surface area contributed by atoms with Crippen LogP contribution in [0.25, 0.3) is 11.0 Å². The Kier molecular flexibility index (Phi) is 5.71. The van der Waals surface area contributed by atoms with Gasteiger partial charge in [0, 0.05) is 12.8 Å². The van der Waals surface area contributed by atoms with Crippen LogP contribution in [-0.4, -0.2) is 15.9 Å². The predicted molar refractivity (Wildman–Crippen MR) is 106 cm³/mol. The third kappa shape index (κ3) is 4.31. The van der Waals surface area contributed by atoms with Crippen molar-refractivity contribution < 1.29 is 4.79 Å². The molecule has 1 atom stereocenters. The van der Waals surface area contributed by atoms with Gasteiger partial charge in [0.2, 0.25) is 5.91 Å². The number of hydrogen-bond acceptors (Lipinski definition) is 2. The first-order chi connectivity index (χ1) is 12.6. The summed E-state index contributed by atoms with van der Waals surface area (Å²) in [6.45, 7) is 6.42. The molecule has 1 unspecified atom stereocenters. The Labute approximate surface area is 155 Å². The lowest BCUT2D eigenvalue weighted by Crippen LogP contribution is -2.32. The summed E-state index contributed by atoms with van der Waals surface area (Å²) in [5.74, 6) is 1.25. The summed E-state index contributed by atoms with van der Waals surface area (Å²) in [6.07, 6.45) is 2.06. The van der Waals surface area contributed by atoms with Crippen molar-refractivity contribution in [2.75, 3.05) is 0 Å². The fourth-order valence-corrected chi connectivity index (χ4v) is 3.20. The molecule has 0 saturated carbocycles. The van der Waals surface area contributed by atoms with Gasteiger partial charge < -0.3 is 10.3 Å². The van der Waals surface area contributed by atoms with Crippen molar-refractivity contribution in [2.45, 2.75) is 46.1 Å². The maximum Gasteiger partial charge on any atom is 0.220 e. The number of benzene rings is 2. The van der Waals surface area contributed by atoms with E-state index in [0.29, 0.717) is 18.8 Å². The number of nitrogens with one attached hydrogen (secondary N) is 2. The van der Waals surface area contributed by atoms with Gasteiger partial charge in [0.05, 0.1) is 17.1 Å². The highest BCUT2D eigenvalue weighted by molar-refractivity contribution is 5.77. The summed E-state index contributed by atoms with van der Waals surface area (Å²) in [5.41, 5.74) is 4.43. The molecule has 136 valence electrons. The first kappa shape index (κ1) is 18.2. The normalized spacial score (nSPS) is 12.5. The van der Waals surface area contributed by atoms with E-state index in [1.165, 1.54) is 5.56 Å². The number of aromatic nitrogens is 2. The van der Waals surface area contributed by atoms with E-state index < -0.39 is 0 Å². The van der Waals surface area contributed by atoms with Crippen molar-refractivity contribution in [1.82, 2.24) is 15.3 Å². The molecule has 1 heterocycles. The minimum Gasteiger partial charge on any atom is -0.349 e. The lowest BCUT2D eigenvalue weighted by Gasteiger charge is -2.23. The van der Waals surface area contributed by atoms with Crippen LogP contribution in [0.2, 0.25) is 0 Å². The quantitative estimate of drug-likeness (QED) is 0.656. The van der Waals surface area contributed by atoms with E-state index in [-0.39, 0.29) is 11.9 Å². The Morgan fingerprint density at radius 2 is 1.85 bits per heavy atom. The monoisotopic (exact) mass is 349 g/mol. The SMILES string of the molecule is CCc1ccc(C(NC(=O)CCc2nc3ccccc3[nH]2)C(C)C)cc1. The van der Waals surface area contributed by atoms with Crippen molar-refractivity contribution in [1.29, 1.82) is 0 Å². The second kappa shape index (κ2) is 8.17. The summed E-state index contributed by atoms with van der Waals surface area (Å²) < 4.78 is 0. The fourth-order valence-electron chi connectivity index (χ4n) is 3.20. The molecule has 0 saturated heterocycles. The van der Waals surface area contributed by atoms with Gasteiger partial charge in [-0.05, 0) is 35.6 Å². The van der Waals surface area contributed by atoms with Gasteiger partial charge in [-0.1, -0.05) is 57.2 Å². The van der Waals surface area contributed by atoms with Crippen LogP contribution in [-0.2, 0) is 17.6 Å². The highest BCUT2D eigenvalue weighted by Crippen LogP contribution is 2.22. The summed E-state index contributed by atoms with van der Waals surface area (Å²) in [6, 6.07) is 16.5. The van der Waals surface area contributed by atoms with Gasteiger partial charge in [-0.2, -0.15) is 0 Å². The molecule has 3 aromatic rings. The zero-order chi connectivity index (χ0) is 18.5. The number of amides is 1. The van der Waals surface area contributed by atoms with E-state index in [1.807, 2.05) is 24.3 Å². The topological polar surface area (TPSA) is 57.8 Å². The molecule has 0 bridgehead atoms. The molecule has 4 heteroatoms. The van der Waals surface area contributed by atoms with Gasteiger partial charge >= 0.3 is 0 Å². The molecule has 1 aromatic heterocycles. The lowest BCUT2D eigenvalue weighted by atomic mass is 9.94. The molecule has 2 aromatic carbocycles. The Morgan fingerprint density at radius 1 is 1.12 bits per heavy atom. The van der Waals surface area contributed by atoms with Crippen LogP contribution in [0.4, 0.5) is 0 Å². The van der Waals surface area contributed by atoms with Crippen molar-refractivity contribution >= 4 is 16.9 Å². The average Bonchev–Trinajstić information content (AvgIpc) is 3.07. The van der Waals surface area contributed by atoms with Crippen molar-refractivity contribution in [3.05, 3.63) is 65.5 Å². The minimum absolute atomic E-state index is 0.0316. The highest BCUT2D eigenvalue weighted by Gasteiger charge is 2.18. The second-order valence-electron chi connectivity index (χ2n) is 7.08. The lowest BCUT2D eigenvalue weighted by molar-refractivity contribution is -0.122. The summed E-state index contributed by atoms with van der Waals surface area (Å²) in [5, 5.41) is 3.19. The highest BCUT2D eigenvalue weighted by atomic mass is 16.1. The van der Waals surface area contributed by atoms with E-state index in [4.69, 9.17) is 0 Å². The number of H-pyrrole nitrogens is 1. The standard InChI is InChI=1S/C22H27N3O/c1-4-16-9-11-17(12-10-16)22(15(2)3)25-21(26)14-13-20-23-18-7-5-6-8-19(18)24-20/h5-12,15,22H,4,13-14H2,1-3H3,(H,23,24)(H,25,26). The number of nitrogens with zero attached hydrogens (tertiary/aromatic N) is 1. The maximum absolute atomic E-state index is 12.5. The van der Waals surface area contributed by atoms with E-state index in [9.17, 15) is 4.79 Å². The molecule has 0 aliphatic rings. The van der Waals surface area contributed by atoms with Crippen LogP contribution < -0.4 is 5.32 Å². The van der Waals surface area contributed by atoms with Crippen molar-refractivity contribution in [3.63, 3.8) is 0 Å². The van der Waals surface area contributed by atoms with Gasteiger partial charge in [0.15, 0.2) is 0 Å². The molecule has 1 amide bonds. The Balaban J connectivity index is 1.62. The molecular weight excluding hydrogens is 322 g/mol. The maximum atomic E-state index is 12.5. The van der Waals surface area contributed by atoms with E-state index in [0.717, 1.165) is 28.8 Å². The number of carbonyl (C=O) groups is 1. The van der Waals surface area contributed by atoms with Gasteiger partial charge in [0.25, 0.3) is 0 Å². The molecule has 4 nitrogen and oxygen atoms in total.